The lowest BCUT2D eigenvalue weighted by molar-refractivity contribution is -0.132. The summed E-state index contributed by atoms with van der Waals surface area (Å²) in [6.07, 6.45) is 4.83. The Bertz CT molecular complexity index is 156. The smallest absolute Gasteiger partial charge is 0.222 e. The maximum absolute atomic E-state index is 11.6. The topological polar surface area (TPSA) is 60.8 Å². The van der Waals surface area contributed by atoms with E-state index in [9.17, 15) is 4.79 Å². The monoisotopic (exact) mass is 217 g/mol. The summed E-state index contributed by atoms with van der Waals surface area (Å²) in [5, 5.41) is 17.5. The van der Waals surface area contributed by atoms with Gasteiger partial charge in [-0.25, -0.2) is 0 Å². The normalized spacial score (nSPS) is 10.3. The standard InChI is InChI=1S/C11H23NO3/c1-2-3-4-5-6-11(15)12(7-9-13)8-10-14/h13-14H,2-10H2,1H3. The number of nitrogens with zero attached hydrogens (tertiary/aromatic N) is 1. The van der Waals surface area contributed by atoms with Gasteiger partial charge in [-0.3, -0.25) is 4.79 Å². The van der Waals surface area contributed by atoms with E-state index in [1.165, 1.54) is 4.90 Å². The van der Waals surface area contributed by atoms with Crippen molar-refractivity contribution < 1.29 is 15.0 Å². The van der Waals surface area contributed by atoms with Crippen LogP contribution >= 0.6 is 0 Å². The number of aliphatic hydroxyl groups is 2. The molecule has 0 aromatic heterocycles. The lowest BCUT2D eigenvalue weighted by Crippen LogP contribution is -2.35. The molecule has 0 rings (SSSR count). The van der Waals surface area contributed by atoms with Crippen molar-refractivity contribution in [1.29, 1.82) is 0 Å². The highest BCUT2D eigenvalue weighted by Crippen LogP contribution is 2.05. The Kier molecular flexibility index (Phi) is 9.52. The van der Waals surface area contributed by atoms with E-state index in [1.807, 2.05) is 0 Å². The highest BCUT2D eigenvalue weighted by atomic mass is 16.3. The molecule has 0 heterocycles. The third kappa shape index (κ3) is 7.33. The molecule has 15 heavy (non-hydrogen) atoms. The molecule has 0 aliphatic carbocycles. The van der Waals surface area contributed by atoms with E-state index in [0.717, 1.165) is 25.7 Å². The van der Waals surface area contributed by atoms with Crippen LogP contribution < -0.4 is 0 Å². The summed E-state index contributed by atoms with van der Waals surface area (Å²) in [6.45, 7) is 2.70. The average molecular weight is 217 g/mol. The van der Waals surface area contributed by atoms with E-state index >= 15 is 0 Å². The molecule has 0 saturated heterocycles. The lowest BCUT2D eigenvalue weighted by Gasteiger charge is -2.20. The number of unbranched alkanes of at least 4 members (excludes halogenated alkanes) is 3. The number of amides is 1. The van der Waals surface area contributed by atoms with Crippen LogP contribution in [0.2, 0.25) is 0 Å². The molecule has 2 N–H and O–H groups in total. The number of carbonyl (C=O) groups excluding carboxylic acids is 1. The van der Waals surface area contributed by atoms with Crippen LogP contribution in [0.5, 0.6) is 0 Å². The molecule has 0 aromatic rings. The van der Waals surface area contributed by atoms with Crippen LogP contribution in [-0.4, -0.2) is 47.3 Å². The summed E-state index contributed by atoms with van der Waals surface area (Å²) < 4.78 is 0. The van der Waals surface area contributed by atoms with Crippen molar-refractivity contribution in [3.05, 3.63) is 0 Å². The first-order valence-electron chi connectivity index (χ1n) is 5.75. The molecule has 4 nitrogen and oxygen atoms in total. The second kappa shape index (κ2) is 9.93. The van der Waals surface area contributed by atoms with Gasteiger partial charge < -0.3 is 15.1 Å². The zero-order valence-corrected chi connectivity index (χ0v) is 9.61. The first-order valence-corrected chi connectivity index (χ1v) is 5.75. The predicted octanol–water partition coefficient (Wildman–Crippen LogP) is 0.770. The van der Waals surface area contributed by atoms with Crippen molar-refractivity contribution in [2.45, 2.75) is 39.0 Å². The van der Waals surface area contributed by atoms with Crippen LogP contribution in [0.15, 0.2) is 0 Å². The van der Waals surface area contributed by atoms with Gasteiger partial charge in [-0.05, 0) is 6.42 Å². The van der Waals surface area contributed by atoms with Crippen molar-refractivity contribution in [3.63, 3.8) is 0 Å². The summed E-state index contributed by atoms with van der Waals surface area (Å²) in [7, 11) is 0. The first kappa shape index (κ1) is 14.4. The molecule has 0 saturated carbocycles. The van der Waals surface area contributed by atoms with E-state index < -0.39 is 0 Å². The van der Waals surface area contributed by atoms with Crippen LogP contribution in [0, 0.1) is 0 Å². The van der Waals surface area contributed by atoms with Crippen LogP contribution in [0.25, 0.3) is 0 Å². The van der Waals surface area contributed by atoms with Crippen molar-refractivity contribution in [2.75, 3.05) is 26.3 Å². The number of aliphatic hydroxyl groups excluding tert-OH is 2. The Morgan fingerprint density at radius 1 is 1.07 bits per heavy atom. The fourth-order valence-electron chi connectivity index (χ4n) is 1.46. The first-order chi connectivity index (χ1) is 7.26. The molecule has 0 fully saturated rings. The number of carbonyl (C=O) groups is 1. The molecule has 0 atom stereocenters. The Morgan fingerprint density at radius 3 is 2.13 bits per heavy atom. The van der Waals surface area contributed by atoms with Crippen LogP contribution in [-0.2, 0) is 4.79 Å². The quantitative estimate of drug-likeness (QED) is 0.561. The third-order valence-corrected chi connectivity index (χ3v) is 2.34. The second-order valence-electron chi connectivity index (χ2n) is 3.64. The van der Waals surface area contributed by atoms with E-state index in [2.05, 4.69) is 6.92 Å². The average Bonchev–Trinajstić information content (AvgIpc) is 2.24. The molecule has 1 amide bonds. The van der Waals surface area contributed by atoms with Crippen LogP contribution in [0.1, 0.15) is 39.0 Å². The lowest BCUT2D eigenvalue weighted by atomic mass is 10.1. The largest absolute Gasteiger partial charge is 0.395 e. The van der Waals surface area contributed by atoms with Crippen molar-refractivity contribution >= 4 is 5.91 Å². The molecular formula is C11H23NO3. The molecule has 0 aromatic carbocycles. The summed E-state index contributed by atoms with van der Waals surface area (Å²) in [5.41, 5.74) is 0. The Labute approximate surface area is 91.9 Å². The predicted molar refractivity (Wildman–Crippen MR) is 59.5 cm³/mol. The SMILES string of the molecule is CCCCCCC(=O)N(CCO)CCO. The van der Waals surface area contributed by atoms with Crippen molar-refractivity contribution in [2.24, 2.45) is 0 Å². The molecular weight excluding hydrogens is 194 g/mol. The molecule has 4 heteroatoms. The number of hydrogen-bond acceptors (Lipinski definition) is 3. The van der Waals surface area contributed by atoms with Gasteiger partial charge in [-0.15, -0.1) is 0 Å². The molecule has 0 unspecified atom stereocenters. The van der Waals surface area contributed by atoms with Gasteiger partial charge in [-0.1, -0.05) is 26.2 Å². The van der Waals surface area contributed by atoms with Gasteiger partial charge in [0.1, 0.15) is 0 Å². The Hall–Kier alpha value is -0.610. The van der Waals surface area contributed by atoms with Gasteiger partial charge in [0.25, 0.3) is 0 Å². The summed E-state index contributed by atoms with van der Waals surface area (Å²) >= 11 is 0. The zero-order chi connectivity index (χ0) is 11.5. The molecule has 90 valence electrons. The Morgan fingerprint density at radius 2 is 1.67 bits per heavy atom. The number of rotatable bonds is 9. The summed E-state index contributed by atoms with van der Waals surface area (Å²) in [6, 6.07) is 0. The molecule has 0 spiro atoms. The zero-order valence-electron chi connectivity index (χ0n) is 9.61. The third-order valence-electron chi connectivity index (χ3n) is 2.34. The van der Waals surface area contributed by atoms with E-state index in [4.69, 9.17) is 10.2 Å². The van der Waals surface area contributed by atoms with Gasteiger partial charge in [0.2, 0.25) is 5.91 Å². The number of hydrogen-bond donors (Lipinski definition) is 2. The Balaban J connectivity index is 3.70. The van der Waals surface area contributed by atoms with Crippen LogP contribution in [0.4, 0.5) is 0 Å². The molecule has 0 aliphatic heterocycles. The molecule has 0 radical (unpaired) electrons. The van der Waals surface area contributed by atoms with Crippen molar-refractivity contribution in [1.82, 2.24) is 4.90 Å². The van der Waals surface area contributed by atoms with Crippen LogP contribution in [0.3, 0.4) is 0 Å². The maximum atomic E-state index is 11.6. The molecule has 0 aliphatic rings. The van der Waals surface area contributed by atoms with E-state index in [1.54, 1.807) is 0 Å². The highest BCUT2D eigenvalue weighted by Gasteiger charge is 2.11. The fraction of sp³-hybridized carbons (Fsp3) is 0.909. The maximum Gasteiger partial charge on any atom is 0.222 e. The van der Waals surface area contributed by atoms with Gasteiger partial charge in [0.05, 0.1) is 13.2 Å². The highest BCUT2D eigenvalue weighted by molar-refractivity contribution is 5.76. The van der Waals surface area contributed by atoms with E-state index in [0.29, 0.717) is 19.5 Å². The van der Waals surface area contributed by atoms with Gasteiger partial charge in [0, 0.05) is 19.5 Å². The van der Waals surface area contributed by atoms with Crippen molar-refractivity contribution in [3.8, 4) is 0 Å². The van der Waals surface area contributed by atoms with Gasteiger partial charge >= 0.3 is 0 Å². The van der Waals surface area contributed by atoms with Gasteiger partial charge in [-0.2, -0.15) is 0 Å². The molecule has 0 bridgehead atoms. The van der Waals surface area contributed by atoms with E-state index in [-0.39, 0.29) is 19.1 Å². The summed E-state index contributed by atoms with van der Waals surface area (Å²) in [5.74, 6) is 0.0363. The fourth-order valence-corrected chi connectivity index (χ4v) is 1.46. The summed E-state index contributed by atoms with van der Waals surface area (Å²) in [4.78, 5) is 13.1. The second-order valence-corrected chi connectivity index (χ2v) is 3.64. The minimum atomic E-state index is -0.0410. The minimum absolute atomic E-state index is 0.0363. The van der Waals surface area contributed by atoms with Gasteiger partial charge in [0.15, 0.2) is 0 Å². The minimum Gasteiger partial charge on any atom is -0.395 e.